The highest BCUT2D eigenvalue weighted by Gasteiger charge is 2.20. The minimum absolute atomic E-state index is 0.861. The molecule has 1 aromatic rings. The number of benzene rings is 1. The third-order valence-electron chi connectivity index (χ3n) is 5.05. The molecule has 0 aliphatic carbocycles. The third kappa shape index (κ3) is 12.1. The lowest BCUT2D eigenvalue weighted by atomic mass is 10.1. The Labute approximate surface area is 166 Å². The van der Waals surface area contributed by atoms with Gasteiger partial charge >= 0.3 is 0 Å². The molecule has 0 fully saturated rings. The first-order valence-electron chi connectivity index (χ1n) is 10.7. The molecule has 0 saturated heterocycles. The van der Waals surface area contributed by atoms with Crippen molar-refractivity contribution in [2.24, 2.45) is 11.8 Å². The Hall–Kier alpha value is -0.386. The molecule has 0 spiro atoms. The Morgan fingerprint density at radius 1 is 0.731 bits per heavy atom. The van der Waals surface area contributed by atoms with Crippen LogP contribution in [0.2, 0.25) is 51.4 Å². The van der Waals surface area contributed by atoms with Crippen LogP contribution < -0.4 is 0 Å². The van der Waals surface area contributed by atoms with Crippen molar-refractivity contribution in [1.29, 1.82) is 0 Å². The molecule has 0 amide bonds. The van der Waals surface area contributed by atoms with E-state index >= 15 is 0 Å². The molecule has 0 saturated carbocycles. The maximum atomic E-state index is 2.72. The van der Waals surface area contributed by atoms with Crippen LogP contribution in [-0.4, -0.2) is 34.1 Å². The van der Waals surface area contributed by atoms with E-state index in [1.165, 1.54) is 43.6 Å². The summed E-state index contributed by atoms with van der Waals surface area (Å²) in [4.78, 5) is 2.72. The minimum Gasteiger partial charge on any atom is -0.299 e. The fourth-order valence-electron chi connectivity index (χ4n) is 4.21. The van der Waals surface area contributed by atoms with Crippen LogP contribution in [0.5, 0.6) is 0 Å². The molecule has 2 unspecified atom stereocenters. The average Bonchev–Trinajstić information content (AvgIpc) is 2.47. The van der Waals surface area contributed by atoms with Gasteiger partial charge in [-0.05, 0) is 43.3 Å². The van der Waals surface area contributed by atoms with E-state index in [9.17, 15) is 0 Å². The van der Waals surface area contributed by atoms with Gasteiger partial charge < -0.3 is 0 Å². The van der Waals surface area contributed by atoms with E-state index in [1.807, 2.05) is 0 Å². The monoisotopic (exact) mass is 391 g/mol. The molecule has 1 rings (SSSR count). The van der Waals surface area contributed by atoms with Crippen molar-refractivity contribution >= 4 is 16.1 Å². The second-order valence-corrected chi connectivity index (χ2v) is 22.1. The van der Waals surface area contributed by atoms with E-state index in [2.05, 4.69) is 88.4 Å². The summed E-state index contributed by atoms with van der Waals surface area (Å²) in [5.74, 6) is 1.72. The highest BCUT2D eigenvalue weighted by Crippen LogP contribution is 2.22. The highest BCUT2D eigenvalue weighted by molar-refractivity contribution is 6.76. The van der Waals surface area contributed by atoms with Crippen LogP contribution in [-0.2, 0) is 6.54 Å². The molecular formula is C23H45NSi2. The van der Waals surface area contributed by atoms with Gasteiger partial charge in [0.05, 0.1) is 0 Å². The van der Waals surface area contributed by atoms with Crippen molar-refractivity contribution < 1.29 is 0 Å². The maximum Gasteiger partial charge on any atom is 0.0445 e. The first kappa shape index (κ1) is 23.7. The van der Waals surface area contributed by atoms with Crippen LogP contribution in [0.1, 0.15) is 32.3 Å². The molecule has 0 aromatic heterocycles. The number of hydrogen-bond donors (Lipinski definition) is 0. The predicted octanol–water partition coefficient (Wildman–Crippen LogP) is 7.22. The van der Waals surface area contributed by atoms with Crippen molar-refractivity contribution in [1.82, 2.24) is 4.90 Å². The molecular weight excluding hydrogens is 346 g/mol. The van der Waals surface area contributed by atoms with Crippen molar-refractivity contribution in [3.05, 3.63) is 35.9 Å². The van der Waals surface area contributed by atoms with E-state index in [0.29, 0.717) is 0 Å². The molecule has 1 nitrogen and oxygen atoms in total. The minimum atomic E-state index is -0.944. The van der Waals surface area contributed by atoms with Crippen LogP contribution in [0.15, 0.2) is 30.3 Å². The Kier molecular flexibility index (Phi) is 9.84. The number of nitrogens with zero attached hydrogens (tertiary/aromatic N) is 1. The standard InChI is InChI=1S/C23H45NSi2/c1-21(19-25(3,4)5)14-16-24(18-23-12-10-9-11-13-23)17-15-22(2)20-26(6,7)8/h9-13,21-22H,14-20H2,1-8H3. The number of hydrogen-bond acceptors (Lipinski definition) is 1. The topological polar surface area (TPSA) is 3.24 Å². The van der Waals surface area contributed by atoms with Crippen molar-refractivity contribution in [3.8, 4) is 0 Å². The summed E-state index contributed by atoms with van der Waals surface area (Å²) < 4.78 is 0. The summed E-state index contributed by atoms with van der Waals surface area (Å²) in [7, 11) is -1.89. The molecule has 0 bridgehead atoms. The second kappa shape index (κ2) is 10.8. The van der Waals surface area contributed by atoms with Crippen molar-refractivity contribution in [3.63, 3.8) is 0 Å². The van der Waals surface area contributed by atoms with Gasteiger partial charge in [-0.1, -0.05) is 95.5 Å². The summed E-state index contributed by atoms with van der Waals surface area (Å²) in [6.07, 6.45) is 2.69. The maximum absolute atomic E-state index is 2.72. The molecule has 150 valence electrons. The SMILES string of the molecule is CC(CCN(CCC(C)C[Si](C)(C)C)Cc1ccccc1)C[Si](C)(C)C. The van der Waals surface area contributed by atoms with Gasteiger partial charge in [0.15, 0.2) is 0 Å². The fourth-order valence-corrected chi connectivity index (χ4v) is 8.80. The molecule has 3 heteroatoms. The van der Waals surface area contributed by atoms with E-state index in [1.54, 1.807) is 0 Å². The summed E-state index contributed by atoms with van der Waals surface area (Å²) in [5.41, 5.74) is 1.46. The van der Waals surface area contributed by atoms with E-state index in [-0.39, 0.29) is 0 Å². The summed E-state index contributed by atoms with van der Waals surface area (Å²) in [6, 6.07) is 14.0. The summed E-state index contributed by atoms with van der Waals surface area (Å²) in [5, 5.41) is 0. The zero-order chi connectivity index (χ0) is 19.8. The van der Waals surface area contributed by atoms with Gasteiger partial charge in [0.1, 0.15) is 0 Å². The molecule has 1 aromatic carbocycles. The molecule has 0 aliphatic rings. The predicted molar refractivity (Wildman–Crippen MR) is 126 cm³/mol. The van der Waals surface area contributed by atoms with Crippen LogP contribution in [0, 0.1) is 11.8 Å². The first-order chi connectivity index (χ1) is 11.9. The highest BCUT2D eigenvalue weighted by atomic mass is 28.3. The smallest absolute Gasteiger partial charge is 0.0445 e. The van der Waals surface area contributed by atoms with Gasteiger partial charge in [-0.2, -0.15) is 0 Å². The Morgan fingerprint density at radius 3 is 1.54 bits per heavy atom. The zero-order valence-electron chi connectivity index (χ0n) is 18.9. The molecule has 0 heterocycles. The Bertz CT molecular complexity index is 461. The van der Waals surface area contributed by atoms with Crippen molar-refractivity contribution in [2.45, 2.75) is 84.6 Å². The average molecular weight is 392 g/mol. The van der Waals surface area contributed by atoms with Gasteiger partial charge in [0, 0.05) is 22.7 Å². The third-order valence-corrected chi connectivity index (χ3v) is 8.89. The lowest BCUT2D eigenvalue weighted by molar-refractivity contribution is 0.235. The first-order valence-corrected chi connectivity index (χ1v) is 18.1. The van der Waals surface area contributed by atoms with E-state index in [0.717, 1.165) is 18.4 Å². The lowest BCUT2D eigenvalue weighted by Gasteiger charge is -2.28. The molecule has 0 N–H and O–H groups in total. The van der Waals surface area contributed by atoms with Gasteiger partial charge in [-0.25, -0.2) is 0 Å². The number of rotatable bonds is 12. The quantitative estimate of drug-likeness (QED) is 0.340. The van der Waals surface area contributed by atoms with E-state index in [4.69, 9.17) is 0 Å². The fraction of sp³-hybridized carbons (Fsp3) is 0.739. The molecule has 2 atom stereocenters. The lowest BCUT2D eigenvalue weighted by Crippen LogP contribution is -2.30. The largest absolute Gasteiger partial charge is 0.299 e. The van der Waals surface area contributed by atoms with Gasteiger partial charge in [-0.3, -0.25) is 4.90 Å². The van der Waals surface area contributed by atoms with Crippen molar-refractivity contribution in [2.75, 3.05) is 13.1 Å². The van der Waals surface area contributed by atoms with Crippen LogP contribution in [0.3, 0.4) is 0 Å². The van der Waals surface area contributed by atoms with Gasteiger partial charge in [0.2, 0.25) is 0 Å². The van der Waals surface area contributed by atoms with Gasteiger partial charge in [0.25, 0.3) is 0 Å². The van der Waals surface area contributed by atoms with E-state index < -0.39 is 16.1 Å². The van der Waals surface area contributed by atoms with Crippen LogP contribution in [0.25, 0.3) is 0 Å². The molecule has 0 radical (unpaired) electrons. The zero-order valence-corrected chi connectivity index (χ0v) is 20.9. The normalized spacial score (nSPS) is 15.3. The Morgan fingerprint density at radius 2 is 1.15 bits per heavy atom. The Balaban J connectivity index is 2.58. The second-order valence-electron chi connectivity index (χ2n) is 11.1. The molecule has 0 aliphatic heterocycles. The molecule has 26 heavy (non-hydrogen) atoms. The van der Waals surface area contributed by atoms with Crippen LogP contribution >= 0.6 is 0 Å². The summed E-state index contributed by atoms with van der Waals surface area (Å²) in [6.45, 7) is 23.6. The van der Waals surface area contributed by atoms with Crippen LogP contribution in [0.4, 0.5) is 0 Å². The van der Waals surface area contributed by atoms with Gasteiger partial charge in [-0.15, -0.1) is 0 Å². The summed E-state index contributed by atoms with van der Waals surface area (Å²) >= 11 is 0.